The molecule has 3 aromatic rings. The largest absolute Gasteiger partial charge is 0.490 e. The zero-order valence-corrected chi connectivity index (χ0v) is 20.6. The van der Waals surface area contributed by atoms with Gasteiger partial charge >= 0.3 is 0 Å². The van der Waals surface area contributed by atoms with Crippen molar-refractivity contribution in [3.63, 3.8) is 0 Å². The Hall–Kier alpha value is -3.32. The molecule has 1 fully saturated rings. The number of hydrogen-bond acceptors (Lipinski definition) is 4. The van der Waals surface area contributed by atoms with Gasteiger partial charge in [-0.25, -0.2) is 8.42 Å². The van der Waals surface area contributed by atoms with Crippen LogP contribution in [0.4, 0.5) is 5.69 Å². The first kappa shape index (κ1) is 23.8. The van der Waals surface area contributed by atoms with Gasteiger partial charge in [-0.05, 0) is 61.4 Å². The minimum atomic E-state index is -3.79. The number of anilines is 1. The van der Waals surface area contributed by atoms with Crippen molar-refractivity contribution in [2.45, 2.75) is 37.7 Å². The van der Waals surface area contributed by atoms with Crippen molar-refractivity contribution < 1.29 is 17.9 Å². The fourth-order valence-electron chi connectivity index (χ4n) is 4.10. The minimum absolute atomic E-state index is 0.0517. The quantitative estimate of drug-likeness (QED) is 0.510. The van der Waals surface area contributed by atoms with E-state index in [9.17, 15) is 13.2 Å². The van der Waals surface area contributed by atoms with E-state index in [-0.39, 0.29) is 16.9 Å². The van der Waals surface area contributed by atoms with Gasteiger partial charge in [-0.1, -0.05) is 36.4 Å². The van der Waals surface area contributed by atoms with Gasteiger partial charge in [0.25, 0.3) is 15.9 Å². The average molecular weight is 479 g/mol. The maximum Gasteiger partial charge on any atom is 0.264 e. The van der Waals surface area contributed by atoms with Crippen molar-refractivity contribution in [3.8, 4) is 5.75 Å². The zero-order valence-electron chi connectivity index (χ0n) is 19.8. The molecular formula is C27H30N2O4S. The van der Waals surface area contributed by atoms with E-state index < -0.39 is 10.0 Å². The third kappa shape index (κ3) is 5.09. The smallest absolute Gasteiger partial charge is 0.264 e. The van der Waals surface area contributed by atoms with Crippen LogP contribution >= 0.6 is 0 Å². The molecule has 1 aliphatic heterocycles. The Morgan fingerprint density at radius 1 is 0.941 bits per heavy atom. The van der Waals surface area contributed by atoms with E-state index in [1.54, 1.807) is 41.3 Å². The molecule has 0 N–H and O–H groups in total. The van der Waals surface area contributed by atoms with Crippen molar-refractivity contribution in [2.24, 2.45) is 0 Å². The Bertz CT molecular complexity index is 1270. The van der Waals surface area contributed by atoms with E-state index in [0.29, 0.717) is 24.3 Å². The highest BCUT2D eigenvalue weighted by Crippen LogP contribution is 2.26. The fraction of sp³-hybridized carbons (Fsp3) is 0.296. The number of piperidine rings is 1. The third-order valence-electron chi connectivity index (χ3n) is 6.23. The number of rotatable bonds is 6. The summed E-state index contributed by atoms with van der Waals surface area (Å²) in [5.41, 5.74) is 3.19. The van der Waals surface area contributed by atoms with Gasteiger partial charge in [0, 0.05) is 38.5 Å². The molecule has 4 rings (SSSR count). The van der Waals surface area contributed by atoms with Crippen LogP contribution in [-0.4, -0.2) is 45.5 Å². The zero-order chi connectivity index (χ0) is 24.3. The van der Waals surface area contributed by atoms with Crippen molar-refractivity contribution in [3.05, 3.63) is 89.5 Å². The Labute approximate surface area is 201 Å². The van der Waals surface area contributed by atoms with Crippen LogP contribution in [-0.2, 0) is 10.0 Å². The number of amides is 1. The van der Waals surface area contributed by atoms with Gasteiger partial charge in [0.2, 0.25) is 0 Å². The van der Waals surface area contributed by atoms with E-state index in [1.165, 1.54) is 23.5 Å². The first-order valence-electron chi connectivity index (χ1n) is 11.4. The predicted molar refractivity (Wildman–Crippen MR) is 134 cm³/mol. The van der Waals surface area contributed by atoms with Crippen LogP contribution in [0.5, 0.6) is 5.75 Å². The van der Waals surface area contributed by atoms with Crippen LogP contribution in [0.15, 0.2) is 77.7 Å². The highest BCUT2D eigenvalue weighted by atomic mass is 32.2. The molecular weight excluding hydrogens is 448 g/mol. The number of carbonyl (C=O) groups is 1. The SMILES string of the molecule is Cc1ccc(C)c(OC2CCN(C(=O)c3cccc(S(=O)(=O)N(C)c4ccccc4)c3)CC2)c1. The number of ether oxygens (including phenoxy) is 1. The molecule has 0 atom stereocenters. The number of carbonyl (C=O) groups excluding carboxylic acids is 1. The molecule has 1 aliphatic rings. The summed E-state index contributed by atoms with van der Waals surface area (Å²) in [6.45, 7) is 5.20. The second-order valence-electron chi connectivity index (χ2n) is 8.71. The number of hydrogen-bond donors (Lipinski definition) is 0. The lowest BCUT2D eigenvalue weighted by molar-refractivity contribution is 0.0594. The summed E-state index contributed by atoms with van der Waals surface area (Å²) in [7, 11) is -2.27. The highest BCUT2D eigenvalue weighted by Gasteiger charge is 2.27. The molecule has 1 amide bonds. The normalized spacial score (nSPS) is 14.6. The Kier molecular flexibility index (Phi) is 6.93. The standard InChI is InChI=1S/C27H30N2O4S/c1-20-12-13-21(2)26(18-20)33-24-14-16-29(17-15-24)27(30)22-8-7-11-25(19-22)34(31,32)28(3)23-9-5-4-6-10-23/h4-13,18-19,24H,14-17H2,1-3H3. The molecule has 0 unspecified atom stereocenters. The summed E-state index contributed by atoms with van der Waals surface area (Å²) in [4.78, 5) is 15.0. The van der Waals surface area contributed by atoms with Gasteiger partial charge in [-0.3, -0.25) is 9.10 Å². The van der Waals surface area contributed by atoms with Gasteiger partial charge in [-0.15, -0.1) is 0 Å². The molecule has 178 valence electrons. The highest BCUT2D eigenvalue weighted by molar-refractivity contribution is 7.92. The third-order valence-corrected chi connectivity index (χ3v) is 8.01. The maximum absolute atomic E-state index is 13.2. The number of nitrogens with zero attached hydrogens (tertiary/aromatic N) is 2. The lowest BCUT2D eigenvalue weighted by Crippen LogP contribution is -2.41. The van der Waals surface area contributed by atoms with Crippen LogP contribution < -0.4 is 9.04 Å². The first-order chi connectivity index (χ1) is 16.3. The lowest BCUT2D eigenvalue weighted by Gasteiger charge is -2.32. The second kappa shape index (κ2) is 9.89. The molecule has 0 bridgehead atoms. The van der Waals surface area contributed by atoms with Gasteiger partial charge in [0.1, 0.15) is 11.9 Å². The van der Waals surface area contributed by atoms with Crippen molar-refractivity contribution in [2.75, 3.05) is 24.4 Å². The fourth-order valence-corrected chi connectivity index (χ4v) is 5.34. The van der Waals surface area contributed by atoms with Crippen molar-refractivity contribution in [1.82, 2.24) is 4.90 Å². The molecule has 6 nitrogen and oxygen atoms in total. The molecule has 34 heavy (non-hydrogen) atoms. The molecule has 0 spiro atoms. The van der Waals surface area contributed by atoms with Gasteiger partial charge in [0.15, 0.2) is 0 Å². The van der Waals surface area contributed by atoms with Crippen LogP contribution in [0.1, 0.15) is 34.3 Å². The van der Waals surface area contributed by atoms with Crippen LogP contribution in [0, 0.1) is 13.8 Å². The summed E-state index contributed by atoms with van der Waals surface area (Å²) >= 11 is 0. The summed E-state index contributed by atoms with van der Waals surface area (Å²) in [5.74, 6) is 0.731. The van der Waals surface area contributed by atoms with Crippen molar-refractivity contribution in [1.29, 1.82) is 0 Å². The van der Waals surface area contributed by atoms with E-state index >= 15 is 0 Å². The van der Waals surface area contributed by atoms with Crippen molar-refractivity contribution >= 4 is 21.6 Å². The molecule has 0 saturated carbocycles. The molecule has 3 aromatic carbocycles. The molecule has 0 aliphatic carbocycles. The molecule has 0 aromatic heterocycles. The minimum Gasteiger partial charge on any atom is -0.490 e. The Morgan fingerprint density at radius 3 is 2.35 bits per heavy atom. The molecule has 0 radical (unpaired) electrons. The van der Waals surface area contributed by atoms with Crippen LogP contribution in [0.25, 0.3) is 0 Å². The summed E-state index contributed by atoms with van der Waals surface area (Å²) in [5, 5.41) is 0. The monoisotopic (exact) mass is 478 g/mol. The van der Waals surface area contributed by atoms with E-state index in [4.69, 9.17) is 4.74 Å². The van der Waals surface area contributed by atoms with Gasteiger partial charge in [-0.2, -0.15) is 0 Å². The van der Waals surface area contributed by atoms with Gasteiger partial charge in [0.05, 0.1) is 10.6 Å². The molecule has 1 saturated heterocycles. The summed E-state index contributed by atoms with van der Waals surface area (Å²) in [6.07, 6.45) is 1.51. The number of sulfonamides is 1. The summed E-state index contributed by atoms with van der Waals surface area (Å²) < 4.78 is 33.7. The second-order valence-corrected chi connectivity index (χ2v) is 10.7. The van der Waals surface area contributed by atoms with E-state index in [2.05, 4.69) is 12.1 Å². The number of benzene rings is 3. The number of likely N-dealkylation sites (tertiary alicyclic amines) is 1. The van der Waals surface area contributed by atoms with Gasteiger partial charge < -0.3 is 9.64 Å². The molecule has 1 heterocycles. The van der Waals surface area contributed by atoms with E-state index in [1.807, 2.05) is 26.0 Å². The number of aryl methyl sites for hydroxylation is 2. The van der Waals surface area contributed by atoms with Crippen LogP contribution in [0.2, 0.25) is 0 Å². The first-order valence-corrected chi connectivity index (χ1v) is 12.9. The summed E-state index contributed by atoms with van der Waals surface area (Å²) in [6, 6.07) is 21.3. The molecule has 7 heteroatoms. The predicted octanol–water partition coefficient (Wildman–Crippen LogP) is 4.81. The lowest BCUT2D eigenvalue weighted by atomic mass is 10.1. The topological polar surface area (TPSA) is 66.9 Å². The number of para-hydroxylation sites is 1. The Morgan fingerprint density at radius 2 is 1.65 bits per heavy atom. The average Bonchev–Trinajstić information content (AvgIpc) is 2.86. The Balaban J connectivity index is 1.43. The van der Waals surface area contributed by atoms with E-state index in [0.717, 1.165) is 29.7 Å². The van der Waals surface area contributed by atoms with Crippen LogP contribution in [0.3, 0.4) is 0 Å². The maximum atomic E-state index is 13.2.